The lowest BCUT2D eigenvalue weighted by atomic mass is 10.2. The van der Waals surface area contributed by atoms with Gasteiger partial charge in [0.1, 0.15) is 10.8 Å². The second-order valence-corrected chi connectivity index (χ2v) is 9.96. The Kier molecular flexibility index (Phi) is 9.80. The first-order valence-electron chi connectivity index (χ1n) is 10.1. The smallest absolute Gasteiger partial charge is 0.362 e. The molecular formula is C22H31N2O2PS. The van der Waals surface area contributed by atoms with Crippen LogP contribution in [0.5, 0.6) is 5.75 Å². The Morgan fingerprint density at radius 1 is 1.07 bits per heavy atom. The van der Waals surface area contributed by atoms with Crippen LogP contribution in [0.25, 0.3) is 0 Å². The summed E-state index contributed by atoms with van der Waals surface area (Å²) in [5, 5.41) is 0.793. The van der Waals surface area contributed by atoms with E-state index in [0.717, 1.165) is 54.2 Å². The second kappa shape index (κ2) is 12.1. The predicted octanol–water partition coefficient (Wildman–Crippen LogP) is 7.13. The molecule has 1 heterocycles. The van der Waals surface area contributed by atoms with Gasteiger partial charge in [0.15, 0.2) is 0 Å². The van der Waals surface area contributed by atoms with Crippen molar-refractivity contribution in [2.75, 3.05) is 11.9 Å². The van der Waals surface area contributed by atoms with Gasteiger partial charge in [0.05, 0.1) is 12.4 Å². The summed E-state index contributed by atoms with van der Waals surface area (Å²) in [5.41, 5.74) is 1.89. The van der Waals surface area contributed by atoms with Crippen LogP contribution in [0.3, 0.4) is 0 Å². The van der Waals surface area contributed by atoms with Crippen LogP contribution in [-0.4, -0.2) is 21.9 Å². The van der Waals surface area contributed by atoms with Gasteiger partial charge in [-0.3, -0.25) is 9.55 Å². The minimum absolute atomic E-state index is 0.448. The summed E-state index contributed by atoms with van der Waals surface area (Å²) < 4.78 is 24.4. The molecule has 0 fully saturated rings. The number of thioether (sulfide) groups is 1. The fraction of sp³-hybridized carbons (Fsp3) is 0.455. The van der Waals surface area contributed by atoms with Crippen LogP contribution in [0.1, 0.15) is 57.2 Å². The number of hydrogen-bond acceptors (Lipinski definition) is 4. The van der Waals surface area contributed by atoms with Crippen molar-refractivity contribution in [1.82, 2.24) is 4.98 Å². The number of aryl methyl sites for hydroxylation is 1. The lowest BCUT2D eigenvalue weighted by molar-refractivity contribution is 0.478. The SMILES string of the molecule is CCCCCCP(=O)(N=C(SCCC)c1ccccc1)Oc1ccc(C)nc1. The maximum absolute atomic E-state index is 13.7. The molecule has 0 radical (unpaired) electrons. The standard InChI is InChI=1S/C22H31N2O2PS/c1-4-6-7-11-16-27(25,26-21-15-14-19(3)23-18-21)24-22(28-17-5-2)20-12-9-8-10-13-20/h8-10,12-15,18H,4-7,11,16-17H2,1-3H3. The maximum atomic E-state index is 13.7. The number of rotatable bonds is 11. The summed E-state index contributed by atoms with van der Waals surface area (Å²) in [6, 6.07) is 13.6. The van der Waals surface area contributed by atoms with Crippen molar-refractivity contribution < 1.29 is 9.09 Å². The van der Waals surface area contributed by atoms with E-state index in [2.05, 4.69) is 18.8 Å². The van der Waals surface area contributed by atoms with Crippen LogP contribution in [0.4, 0.5) is 0 Å². The third-order valence-electron chi connectivity index (χ3n) is 4.13. The van der Waals surface area contributed by atoms with Crippen molar-refractivity contribution in [3.05, 3.63) is 59.9 Å². The molecule has 2 rings (SSSR count). The molecule has 0 bridgehead atoms. The van der Waals surface area contributed by atoms with E-state index in [-0.39, 0.29) is 0 Å². The molecule has 6 heteroatoms. The molecule has 1 atom stereocenters. The number of pyridine rings is 1. The van der Waals surface area contributed by atoms with Crippen molar-refractivity contribution in [2.24, 2.45) is 4.76 Å². The van der Waals surface area contributed by atoms with Crippen LogP contribution >= 0.6 is 19.3 Å². The van der Waals surface area contributed by atoms with E-state index in [0.29, 0.717) is 11.9 Å². The Bertz CT molecular complexity index is 779. The average molecular weight is 419 g/mol. The van der Waals surface area contributed by atoms with Gasteiger partial charge in [-0.1, -0.05) is 63.4 Å². The summed E-state index contributed by atoms with van der Waals surface area (Å²) in [5.74, 6) is 1.44. The third kappa shape index (κ3) is 7.81. The number of unbranched alkanes of at least 4 members (excludes halogenated alkanes) is 3. The molecule has 0 amide bonds. The molecule has 0 aliphatic carbocycles. The van der Waals surface area contributed by atoms with Gasteiger partial charge in [-0.15, -0.1) is 11.8 Å². The first-order chi connectivity index (χ1) is 13.6. The summed E-state index contributed by atoms with van der Waals surface area (Å²) in [6.07, 6.45) is 7.25. The highest BCUT2D eigenvalue weighted by Gasteiger charge is 2.25. The van der Waals surface area contributed by atoms with Crippen molar-refractivity contribution in [2.45, 2.75) is 52.9 Å². The van der Waals surface area contributed by atoms with Crippen LogP contribution in [0.15, 0.2) is 53.4 Å². The second-order valence-electron chi connectivity index (χ2n) is 6.77. The van der Waals surface area contributed by atoms with E-state index in [1.54, 1.807) is 18.0 Å². The predicted molar refractivity (Wildman–Crippen MR) is 122 cm³/mol. The van der Waals surface area contributed by atoms with E-state index in [1.807, 2.05) is 49.4 Å². The van der Waals surface area contributed by atoms with Gasteiger partial charge in [0.2, 0.25) is 0 Å². The monoisotopic (exact) mass is 418 g/mol. The van der Waals surface area contributed by atoms with Gasteiger partial charge >= 0.3 is 7.52 Å². The normalized spacial score (nSPS) is 13.9. The van der Waals surface area contributed by atoms with Crippen molar-refractivity contribution in [3.63, 3.8) is 0 Å². The summed E-state index contributed by atoms with van der Waals surface area (Å²) in [7, 11) is -3.23. The van der Waals surface area contributed by atoms with Crippen molar-refractivity contribution >= 4 is 24.3 Å². The number of hydrogen-bond donors (Lipinski definition) is 0. The molecule has 0 N–H and O–H groups in total. The molecule has 0 saturated heterocycles. The van der Waals surface area contributed by atoms with Crippen LogP contribution in [-0.2, 0) is 4.57 Å². The van der Waals surface area contributed by atoms with E-state index in [4.69, 9.17) is 9.29 Å². The van der Waals surface area contributed by atoms with Crippen LogP contribution < -0.4 is 4.52 Å². The van der Waals surface area contributed by atoms with Crippen molar-refractivity contribution in [3.8, 4) is 5.75 Å². The Balaban J connectivity index is 2.31. The van der Waals surface area contributed by atoms with Gasteiger partial charge < -0.3 is 4.52 Å². The molecule has 0 saturated carbocycles. The zero-order valence-corrected chi connectivity index (χ0v) is 18.8. The lowest BCUT2D eigenvalue weighted by Crippen LogP contribution is -2.03. The van der Waals surface area contributed by atoms with Gasteiger partial charge in [-0.25, -0.2) is 0 Å². The summed E-state index contributed by atoms with van der Waals surface area (Å²) in [4.78, 5) is 4.26. The minimum atomic E-state index is -3.23. The molecular weight excluding hydrogens is 387 g/mol. The molecule has 2 aromatic rings. The maximum Gasteiger partial charge on any atom is 0.362 e. The molecule has 0 aliphatic heterocycles. The molecule has 1 aromatic carbocycles. The Labute approximate surface area is 173 Å². The van der Waals surface area contributed by atoms with Crippen molar-refractivity contribution in [1.29, 1.82) is 0 Å². The van der Waals surface area contributed by atoms with E-state index >= 15 is 0 Å². The Morgan fingerprint density at radius 3 is 2.50 bits per heavy atom. The first kappa shape index (κ1) is 22.7. The fourth-order valence-corrected chi connectivity index (χ4v) is 5.60. The lowest BCUT2D eigenvalue weighted by Gasteiger charge is -2.17. The summed E-state index contributed by atoms with van der Waals surface area (Å²) in [6.45, 7) is 6.22. The Morgan fingerprint density at radius 2 is 1.86 bits per heavy atom. The first-order valence-corrected chi connectivity index (χ1v) is 12.8. The number of benzene rings is 1. The zero-order valence-electron chi connectivity index (χ0n) is 17.1. The molecule has 1 aromatic heterocycles. The molecule has 28 heavy (non-hydrogen) atoms. The highest BCUT2D eigenvalue weighted by molar-refractivity contribution is 8.14. The molecule has 4 nitrogen and oxygen atoms in total. The summed E-state index contributed by atoms with van der Waals surface area (Å²) >= 11 is 1.64. The molecule has 1 unspecified atom stereocenters. The van der Waals surface area contributed by atoms with Gasteiger partial charge in [-0.05, 0) is 37.7 Å². The number of aromatic nitrogens is 1. The molecule has 0 spiro atoms. The topological polar surface area (TPSA) is 51.5 Å². The zero-order chi connectivity index (χ0) is 20.2. The third-order valence-corrected chi connectivity index (χ3v) is 7.36. The van der Waals surface area contributed by atoms with Crippen LogP contribution in [0, 0.1) is 6.92 Å². The fourth-order valence-electron chi connectivity index (χ4n) is 2.62. The van der Waals surface area contributed by atoms with Gasteiger partial charge in [0.25, 0.3) is 0 Å². The van der Waals surface area contributed by atoms with Gasteiger partial charge in [-0.2, -0.15) is 4.76 Å². The van der Waals surface area contributed by atoms with Gasteiger partial charge in [0, 0.05) is 11.3 Å². The minimum Gasteiger partial charge on any atom is -0.426 e. The largest absolute Gasteiger partial charge is 0.426 e. The molecule has 152 valence electrons. The quantitative estimate of drug-likeness (QED) is 0.168. The highest BCUT2D eigenvalue weighted by Crippen LogP contribution is 2.50. The van der Waals surface area contributed by atoms with E-state index in [1.165, 1.54) is 0 Å². The highest BCUT2D eigenvalue weighted by atomic mass is 32.2. The van der Waals surface area contributed by atoms with Crippen LogP contribution in [0.2, 0.25) is 0 Å². The average Bonchev–Trinajstić information content (AvgIpc) is 2.71. The number of nitrogens with zero attached hydrogens (tertiary/aromatic N) is 2. The Hall–Kier alpha value is -1.58. The van der Waals surface area contributed by atoms with E-state index in [9.17, 15) is 4.57 Å². The molecule has 0 aliphatic rings. The van der Waals surface area contributed by atoms with E-state index < -0.39 is 7.52 Å².